The van der Waals surface area contributed by atoms with E-state index >= 15 is 0 Å². The summed E-state index contributed by atoms with van der Waals surface area (Å²) in [4.78, 5) is 19.2. The summed E-state index contributed by atoms with van der Waals surface area (Å²) in [6.45, 7) is 6.91. The van der Waals surface area contributed by atoms with E-state index in [2.05, 4.69) is 58.5 Å². The molecule has 0 atom stereocenters. The molecular formula is C22H26N4O2S. The molecular weight excluding hydrogens is 384 g/mol. The third-order valence-electron chi connectivity index (χ3n) is 5.52. The van der Waals surface area contributed by atoms with Gasteiger partial charge < -0.3 is 9.84 Å². The lowest BCUT2D eigenvalue weighted by atomic mass is 9.94. The van der Waals surface area contributed by atoms with Crippen molar-refractivity contribution >= 4 is 17.2 Å². The zero-order valence-corrected chi connectivity index (χ0v) is 17.7. The molecule has 1 aromatic carbocycles. The van der Waals surface area contributed by atoms with Crippen molar-refractivity contribution in [1.29, 1.82) is 0 Å². The van der Waals surface area contributed by atoms with Gasteiger partial charge in [0, 0.05) is 49.0 Å². The summed E-state index contributed by atoms with van der Waals surface area (Å²) in [5.41, 5.74) is 3.65. The number of hydrogen-bond acceptors (Lipinski definition) is 6. The molecule has 4 rings (SSSR count). The molecule has 0 spiro atoms. The van der Waals surface area contributed by atoms with Crippen LogP contribution in [0.1, 0.15) is 37.3 Å². The Morgan fingerprint density at radius 3 is 2.90 bits per heavy atom. The highest BCUT2D eigenvalue weighted by atomic mass is 32.1. The van der Waals surface area contributed by atoms with E-state index in [9.17, 15) is 4.79 Å². The number of rotatable bonds is 7. The molecule has 29 heavy (non-hydrogen) atoms. The summed E-state index contributed by atoms with van der Waals surface area (Å²) in [7, 11) is 0. The molecule has 0 bridgehead atoms. The van der Waals surface area contributed by atoms with Crippen LogP contribution in [0.15, 0.2) is 45.6 Å². The molecule has 0 saturated heterocycles. The van der Waals surface area contributed by atoms with Gasteiger partial charge in [-0.05, 0) is 42.8 Å². The van der Waals surface area contributed by atoms with E-state index in [4.69, 9.17) is 4.52 Å². The maximum absolute atomic E-state index is 12.4. The Labute approximate surface area is 174 Å². The van der Waals surface area contributed by atoms with Crippen molar-refractivity contribution in [2.45, 2.75) is 45.2 Å². The van der Waals surface area contributed by atoms with Crippen LogP contribution >= 0.6 is 11.3 Å². The summed E-state index contributed by atoms with van der Waals surface area (Å²) in [5.74, 6) is 1.08. The van der Waals surface area contributed by atoms with Crippen molar-refractivity contribution in [2.24, 2.45) is 0 Å². The van der Waals surface area contributed by atoms with E-state index in [-0.39, 0.29) is 11.4 Å². The third kappa shape index (κ3) is 4.74. The van der Waals surface area contributed by atoms with Gasteiger partial charge in [0.2, 0.25) is 17.6 Å². The number of nitrogens with one attached hydrogen (secondary N) is 1. The molecule has 1 amide bonds. The highest BCUT2D eigenvalue weighted by Gasteiger charge is 2.30. The Hall–Kier alpha value is -2.51. The van der Waals surface area contributed by atoms with Gasteiger partial charge in [-0.25, -0.2) is 0 Å². The number of benzene rings is 1. The first-order valence-corrected chi connectivity index (χ1v) is 10.9. The minimum Gasteiger partial charge on any atom is -0.354 e. The van der Waals surface area contributed by atoms with Crippen LogP contribution in [0.25, 0.3) is 11.4 Å². The molecule has 1 aliphatic heterocycles. The second kappa shape index (κ2) is 8.47. The van der Waals surface area contributed by atoms with Crippen LogP contribution < -0.4 is 5.32 Å². The largest absolute Gasteiger partial charge is 0.354 e. The Morgan fingerprint density at radius 1 is 1.28 bits per heavy atom. The highest BCUT2D eigenvalue weighted by molar-refractivity contribution is 7.08. The number of nitrogens with zero attached hydrogens (tertiary/aromatic N) is 3. The van der Waals surface area contributed by atoms with E-state index in [1.807, 2.05) is 16.8 Å². The highest BCUT2D eigenvalue weighted by Crippen LogP contribution is 2.25. The predicted molar refractivity (Wildman–Crippen MR) is 114 cm³/mol. The lowest BCUT2D eigenvalue weighted by Crippen LogP contribution is -2.53. The summed E-state index contributed by atoms with van der Waals surface area (Å²) in [6.07, 6.45) is 1.84. The van der Waals surface area contributed by atoms with Gasteiger partial charge in [-0.2, -0.15) is 16.3 Å². The monoisotopic (exact) mass is 410 g/mol. The Morgan fingerprint density at radius 2 is 2.10 bits per heavy atom. The van der Waals surface area contributed by atoms with E-state index in [1.165, 1.54) is 11.1 Å². The van der Waals surface area contributed by atoms with Gasteiger partial charge >= 0.3 is 0 Å². The van der Waals surface area contributed by atoms with Gasteiger partial charge in [-0.15, -0.1) is 0 Å². The molecule has 6 nitrogen and oxygen atoms in total. The Bertz CT molecular complexity index is 965. The number of carbonyl (C=O) groups is 1. The van der Waals surface area contributed by atoms with Gasteiger partial charge in [-0.3, -0.25) is 9.69 Å². The van der Waals surface area contributed by atoms with Crippen LogP contribution in [-0.2, 0) is 24.2 Å². The van der Waals surface area contributed by atoms with Crippen LogP contribution in [0.2, 0.25) is 0 Å². The second-order valence-electron chi connectivity index (χ2n) is 8.05. The predicted octanol–water partition coefficient (Wildman–Crippen LogP) is 3.68. The summed E-state index contributed by atoms with van der Waals surface area (Å²) >= 11 is 1.59. The average molecular weight is 411 g/mol. The third-order valence-corrected chi connectivity index (χ3v) is 6.20. The van der Waals surface area contributed by atoms with Gasteiger partial charge in [-0.1, -0.05) is 29.4 Å². The number of carbonyl (C=O) groups excluding carboxylic acids is 1. The van der Waals surface area contributed by atoms with Crippen molar-refractivity contribution in [3.05, 3.63) is 58.1 Å². The van der Waals surface area contributed by atoms with Crippen molar-refractivity contribution < 1.29 is 9.32 Å². The maximum Gasteiger partial charge on any atom is 0.227 e. The topological polar surface area (TPSA) is 71.3 Å². The first kappa shape index (κ1) is 19.8. The molecule has 0 radical (unpaired) electrons. The van der Waals surface area contributed by atoms with E-state index in [0.29, 0.717) is 31.1 Å². The van der Waals surface area contributed by atoms with Crippen molar-refractivity contribution in [3.8, 4) is 11.4 Å². The smallest absolute Gasteiger partial charge is 0.227 e. The zero-order valence-electron chi connectivity index (χ0n) is 16.9. The van der Waals surface area contributed by atoms with Gasteiger partial charge in [0.05, 0.1) is 0 Å². The standard InChI is InChI=1S/C22H26N4O2S/c1-22(2,26-11-9-16-5-3-4-6-17(16)13-26)15-23-19(27)7-8-20-24-21(25-28-20)18-10-12-29-14-18/h3-6,10,12,14H,7-9,11,13,15H2,1-2H3,(H,23,27). The fourth-order valence-electron chi connectivity index (χ4n) is 3.61. The minimum atomic E-state index is -0.111. The number of aromatic nitrogens is 2. The van der Waals surface area contributed by atoms with Crippen LogP contribution in [0.4, 0.5) is 0 Å². The molecule has 7 heteroatoms. The maximum atomic E-state index is 12.4. The molecule has 0 unspecified atom stereocenters. The lowest BCUT2D eigenvalue weighted by molar-refractivity contribution is -0.121. The van der Waals surface area contributed by atoms with Crippen LogP contribution in [0, 0.1) is 0 Å². The van der Waals surface area contributed by atoms with E-state index < -0.39 is 0 Å². The number of aryl methyl sites for hydroxylation is 1. The molecule has 3 heterocycles. The molecule has 0 fully saturated rings. The Kier molecular flexibility index (Phi) is 5.78. The fourth-order valence-corrected chi connectivity index (χ4v) is 4.25. The van der Waals surface area contributed by atoms with Gasteiger partial charge in [0.15, 0.2) is 0 Å². The second-order valence-corrected chi connectivity index (χ2v) is 8.83. The van der Waals surface area contributed by atoms with Crippen molar-refractivity contribution in [3.63, 3.8) is 0 Å². The molecule has 2 aromatic heterocycles. The normalized spacial score (nSPS) is 14.6. The van der Waals surface area contributed by atoms with Crippen LogP contribution in [-0.4, -0.2) is 39.6 Å². The molecule has 1 N–H and O–H groups in total. The molecule has 0 saturated carbocycles. The number of thiophene rings is 1. The summed E-state index contributed by atoms with van der Waals surface area (Å²) in [5, 5.41) is 11.0. The number of fused-ring (bicyclic) bond motifs is 1. The fraction of sp³-hybridized carbons (Fsp3) is 0.409. The van der Waals surface area contributed by atoms with Crippen LogP contribution in [0.5, 0.6) is 0 Å². The SMILES string of the molecule is CC(C)(CNC(=O)CCc1nc(-c2ccsc2)no1)N1CCc2ccccc2C1. The van der Waals surface area contributed by atoms with E-state index in [0.717, 1.165) is 25.1 Å². The first-order chi connectivity index (χ1) is 14.0. The van der Waals surface area contributed by atoms with Gasteiger partial charge in [0.25, 0.3) is 0 Å². The van der Waals surface area contributed by atoms with Crippen LogP contribution in [0.3, 0.4) is 0 Å². The molecule has 1 aliphatic rings. The summed E-state index contributed by atoms with van der Waals surface area (Å²) < 4.78 is 5.27. The average Bonchev–Trinajstić information content (AvgIpc) is 3.42. The Balaban J connectivity index is 1.26. The first-order valence-electron chi connectivity index (χ1n) is 9.95. The molecule has 152 valence electrons. The van der Waals surface area contributed by atoms with Crippen molar-refractivity contribution in [2.75, 3.05) is 13.1 Å². The molecule has 0 aliphatic carbocycles. The minimum absolute atomic E-state index is 0.00534. The van der Waals surface area contributed by atoms with E-state index in [1.54, 1.807) is 11.3 Å². The summed E-state index contributed by atoms with van der Waals surface area (Å²) in [6, 6.07) is 10.6. The number of hydrogen-bond donors (Lipinski definition) is 1. The molecule has 3 aromatic rings. The van der Waals surface area contributed by atoms with Crippen molar-refractivity contribution in [1.82, 2.24) is 20.4 Å². The number of amides is 1. The quantitative estimate of drug-likeness (QED) is 0.643. The zero-order chi connectivity index (χ0) is 20.3. The van der Waals surface area contributed by atoms with Gasteiger partial charge in [0.1, 0.15) is 0 Å². The lowest BCUT2D eigenvalue weighted by Gasteiger charge is -2.41.